The fraction of sp³-hybridized carbons (Fsp3) is 0.125. The van der Waals surface area contributed by atoms with Crippen LogP contribution in [0.15, 0.2) is 164 Å². The second kappa shape index (κ2) is 17.0. The molecule has 0 saturated carbocycles. The van der Waals surface area contributed by atoms with E-state index < -0.39 is 60.7 Å². The molecule has 2 heterocycles. The molecule has 2 aromatic heterocycles. The fourth-order valence-electron chi connectivity index (χ4n) is 7.75. The topological polar surface area (TPSA) is 39.9 Å². The molecule has 4 nitrogen and oxygen atoms in total. The van der Waals surface area contributed by atoms with Gasteiger partial charge in [0.1, 0.15) is 5.82 Å². The van der Waals surface area contributed by atoms with Gasteiger partial charge in [-0.3, -0.25) is 9.55 Å². The van der Waals surface area contributed by atoms with Crippen molar-refractivity contribution in [2.24, 2.45) is 0 Å². The molecule has 0 aliphatic carbocycles. The summed E-state index contributed by atoms with van der Waals surface area (Å²) in [5, 5.41) is 0. The summed E-state index contributed by atoms with van der Waals surface area (Å²) in [5.74, 6) is 0.972. The minimum Gasteiger partial charge on any atom is -0.665 e. The van der Waals surface area contributed by atoms with Crippen molar-refractivity contribution in [3.05, 3.63) is 199 Å². The van der Waals surface area contributed by atoms with Crippen LogP contribution in [0.4, 0.5) is 0 Å². The van der Waals surface area contributed by atoms with Crippen LogP contribution in [0.2, 0.25) is 0 Å². The van der Waals surface area contributed by atoms with Crippen molar-refractivity contribution in [2.45, 2.75) is 46.9 Å². The Bertz CT molecular complexity index is 3580. The van der Waals surface area contributed by atoms with Gasteiger partial charge >= 0.3 is 21.1 Å². The van der Waals surface area contributed by atoms with Gasteiger partial charge in [0, 0.05) is 21.5 Å². The van der Waals surface area contributed by atoms with E-state index in [4.69, 9.17) is 23.4 Å². The van der Waals surface area contributed by atoms with Gasteiger partial charge in [0.25, 0.3) is 0 Å². The number of rotatable bonds is 8. The Morgan fingerprint density at radius 1 is 0.689 bits per heavy atom. The molecule has 0 amide bonds. The maximum atomic E-state index is 9.51. The number of imidazole rings is 1. The number of hydrogen-bond acceptors (Lipinski definition) is 3. The number of nitrogens with zero attached hydrogens (tertiary/aromatic N) is 3. The molecule has 9 rings (SSSR count). The van der Waals surface area contributed by atoms with Gasteiger partial charge in [-0.15, -0.1) is 29.3 Å². The van der Waals surface area contributed by atoms with Crippen LogP contribution >= 0.6 is 0 Å². The summed E-state index contributed by atoms with van der Waals surface area (Å²) < 4.78 is 104. The van der Waals surface area contributed by atoms with E-state index >= 15 is 0 Å². The van der Waals surface area contributed by atoms with Crippen LogP contribution in [-0.4, -0.2) is 14.5 Å². The Kier molecular flexibility index (Phi) is 8.28. The summed E-state index contributed by atoms with van der Waals surface area (Å²) in [4.78, 5) is 9.92. The van der Waals surface area contributed by atoms with Crippen molar-refractivity contribution in [1.29, 1.82) is 0 Å². The molecule has 9 aromatic rings. The number of benzene rings is 7. The zero-order valence-electron chi connectivity index (χ0n) is 45.2. The summed E-state index contributed by atoms with van der Waals surface area (Å²) in [7, 11) is 3.85. The minimum absolute atomic E-state index is 0. The van der Waals surface area contributed by atoms with Crippen LogP contribution in [0.25, 0.3) is 83.9 Å². The normalized spacial score (nSPS) is 14.2. The first kappa shape index (κ1) is 29.8. The number of aromatic nitrogens is 3. The monoisotopic (exact) mass is 983 g/mol. The van der Waals surface area contributed by atoms with E-state index in [1.54, 1.807) is 12.1 Å². The SMILES string of the molecule is [2H]c1nc(-c2[c-]c(-c3cccc4c3nc(-c3cc(C)cc(C)c3O[CH2-])n4-c3cc(-c4ccccc4)c(C([2H])([2H])[2H])cc3-c3ccccc3)cc(C(C)(C)C)c2)c([2H])c(-c2c([2H])c([2H])c([2H])c([2H])c2[2H])c1[2H].[Pt+2]. The maximum Gasteiger partial charge on any atom is 2.00 e. The largest absolute Gasteiger partial charge is 2.00 e. The molecule has 302 valence electrons. The van der Waals surface area contributed by atoms with Crippen LogP contribution < -0.4 is 4.74 Å². The van der Waals surface area contributed by atoms with Gasteiger partial charge in [0.05, 0.1) is 39.0 Å². The van der Waals surface area contributed by atoms with Crippen molar-refractivity contribution in [2.75, 3.05) is 0 Å². The summed E-state index contributed by atoms with van der Waals surface area (Å²) >= 11 is 0. The van der Waals surface area contributed by atoms with Gasteiger partial charge in [0.2, 0.25) is 0 Å². The molecule has 0 bridgehead atoms. The molecular weight excluding hydrogens is 926 g/mol. The van der Waals surface area contributed by atoms with Crippen LogP contribution in [-0.2, 0) is 26.5 Å². The van der Waals surface area contributed by atoms with Gasteiger partial charge in [-0.05, 0) is 101 Å². The summed E-state index contributed by atoms with van der Waals surface area (Å²) in [5.41, 5.74) is 8.03. The molecule has 0 aliphatic heterocycles. The first-order chi connectivity index (χ1) is 33.6. The molecule has 0 unspecified atom stereocenters. The van der Waals surface area contributed by atoms with E-state index in [-0.39, 0.29) is 49.0 Å². The number of aryl methyl sites for hydroxylation is 3. The van der Waals surface area contributed by atoms with Crippen molar-refractivity contribution in [1.82, 2.24) is 14.5 Å². The van der Waals surface area contributed by atoms with E-state index in [2.05, 4.69) is 18.2 Å². The Balaban J connectivity index is 0.00000693. The molecule has 61 heavy (non-hydrogen) atoms. The molecular formula is C56H47N3OPt. The Morgan fingerprint density at radius 2 is 1.39 bits per heavy atom. The minimum atomic E-state index is -2.49. The van der Waals surface area contributed by atoms with Gasteiger partial charge < -0.3 is 4.74 Å². The van der Waals surface area contributed by atoms with Crippen molar-refractivity contribution < 1.29 is 40.9 Å². The zero-order chi connectivity index (χ0) is 51.0. The first-order valence-corrected chi connectivity index (χ1v) is 19.6. The van der Waals surface area contributed by atoms with Crippen LogP contribution in [0.3, 0.4) is 0 Å². The van der Waals surface area contributed by atoms with E-state index in [0.717, 1.165) is 22.3 Å². The molecule has 7 aromatic carbocycles. The third-order valence-electron chi connectivity index (χ3n) is 10.7. The predicted octanol–water partition coefficient (Wildman–Crippen LogP) is 14.6. The predicted molar refractivity (Wildman–Crippen MR) is 249 cm³/mol. The van der Waals surface area contributed by atoms with Crippen LogP contribution in [0, 0.1) is 33.9 Å². The second-order valence-electron chi connectivity index (χ2n) is 15.8. The summed E-state index contributed by atoms with van der Waals surface area (Å²) in [6.45, 7) is 7.51. The summed E-state index contributed by atoms with van der Waals surface area (Å²) in [6.07, 6.45) is -0.551. The van der Waals surface area contributed by atoms with Crippen molar-refractivity contribution in [3.8, 4) is 78.6 Å². The van der Waals surface area contributed by atoms with E-state index in [0.29, 0.717) is 61.7 Å². The molecule has 0 aliphatic rings. The van der Waals surface area contributed by atoms with Gasteiger partial charge in [-0.25, -0.2) is 4.98 Å². The van der Waals surface area contributed by atoms with Crippen molar-refractivity contribution >= 4 is 11.0 Å². The van der Waals surface area contributed by atoms with Gasteiger partial charge in [-0.2, -0.15) is 7.11 Å². The fourth-order valence-corrected chi connectivity index (χ4v) is 7.75. The average Bonchev–Trinajstić information content (AvgIpc) is 3.74. The third-order valence-corrected chi connectivity index (χ3v) is 10.7. The van der Waals surface area contributed by atoms with Gasteiger partial charge in [-0.1, -0.05) is 147 Å². The zero-order valence-corrected chi connectivity index (χ0v) is 36.5. The molecule has 0 spiro atoms. The van der Waals surface area contributed by atoms with E-state index in [1.807, 2.05) is 142 Å². The number of ether oxygens (including phenoxy) is 1. The Labute approximate surface area is 389 Å². The van der Waals surface area contributed by atoms with E-state index in [9.17, 15) is 1.37 Å². The Hall–Kier alpha value is -6.35. The standard InChI is InChI=1S/C56H47N3O.Pt/c1-36-28-38(3)54(60-7)49(29-36)55-58-53-46(43-31-44(33-45(32-43)56(4,5)6)50-34-42(26-27-57-50)39-18-11-8-12-19-39)24-17-25-51(53)59(55)52-35-47(40-20-13-9-14-21-40)37(2)30-48(52)41-22-15-10-16-23-41;/h8-30,32-35H,7H2,1-6H3;/q-2;+2/i2D3,8D,11D,12D,18D,19D,26D,27D,34D;. The molecule has 0 fully saturated rings. The second-order valence-corrected chi connectivity index (χ2v) is 15.8. The number of pyridine rings is 1. The van der Waals surface area contributed by atoms with E-state index in [1.165, 1.54) is 0 Å². The molecule has 0 radical (unpaired) electrons. The number of fused-ring (bicyclic) bond motifs is 1. The molecule has 0 N–H and O–H groups in total. The van der Waals surface area contributed by atoms with Crippen LogP contribution in [0.1, 0.15) is 58.1 Å². The smallest absolute Gasteiger partial charge is 0.665 e. The van der Waals surface area contributed by atoms with Crippen molar-refractivity contribution in [3.63, 3.8) is 0 Å². The molecule has 5 heteroatoms. The Morgan fingerprint density at radius 3 is 2.08 bits per heavy atom. The average molecular weight is 984 g/mol. The van der Waals surface area contributed by atoms with Crippen LogP contribution in [0.5, 0.6) is 5.75 Å². The summed E-state index contributed by atoms with van der Waals surface area (Å²) in [6, 6.07) is 35.6. The third kappa shape index (κ3) is 8.01. The van der Waals surface area contributed by atoms with Gasteiger partial charge in [0.15, 0.2) is 0 Å². The quantitative estimate of drug-likeness (QED) is 0.142. The first-order valence-electron chi connectivity index (χ1n) is 25.1. The number of hydrogen-bond donors (Lipinski definition) is 0. The maximum absolute atomic E-state index is 9.51. The number of para-hydroxylation sites is 1. The molecule has 0 saturated heterocycles. The molecule has 0 atom stereocenters.